The third-order valence-electron chi connectivity index (χ3n) is 4.43. The molecule has 2 aromatic rings. The Morgan fingerprint density at radius 2 is 2.04 bits per heavy atom. The summed E-state index contributed by atoms with van der Waals surface area (Å²) in [5.74, 6) is 0.357. The van der Waals surface area contributed by atoms with Crippen LogP contribution in [0.2, 0.25) is 10.0 Å². The lowest BCUT2D eigenvalue weighted by Crippen LogP contribution is -2.41. The Morgan fingerprint density at radius 3 is 2.71 bits per heavy atom. The first kappa shape index (κ1) is 20.8. The van der Waals surface area contributed by atoms with Crippen molar-refractivity contribution in [3.63, 3.8) is 0 Å². The second kappa shape index (κ2) is 9.54. The second-order valence-electron chi connectivity index (χ2n) is 6.28. The summed E-state index contributed by atoms with van der Waals surface area (Å²) in [6.45, 7) is 2.06. The molecule has 28 heavy (non-hydrogen) atoms. The molecule has 2 amide bonds. The summed E-state index contributed by atoms with van der Waals surface area (Å²) in [4.78, 5) is 26.4. The highest BCUT2D eigenvalue weighted by Crippen LogP contribution is 2.43. The van der Waals surface area contributed by atoms with Gasteiger partial charge in [-0.2, -0.15) is 0 Å². The molecule has 1 saturated heterocycles. The van der Waals surface area contributed by atoms with Crippen LogP contribution in [0.25, 0.3) is 0 Å². The summed E-state index contributed by atoms with van der Waals surface area (Å²) < 4.78 is 5.39. The van der Waals surface area contributed by atoms with Crippen molar-refractivity contribution in [3.8, 4) is 0 Å². The number of ether oxygens (including phenoxy) is 1. The minimum absolute atomic E-state index is 0.0000609. The fraction of sp³-hybridized carbons (Fsp3) is 0.300. The smallest absolute Gasteiger partial charge is 0.411 e. The van der Waals surface area contributed by atoms with E-state index in [0.717, 1.165) is 5.56 Å². The number of amides is 2. The van der Waals surface area contributed by atoms with Crippen LogP contribution in [0.5, 0.6) is 0 Å². The van der Waals surface area contributed by atoms with E-state index >= 15 is 0 Å². The molecule has 0 bridgehead atoms. The molecule has 0 spiro atoms. The van der Waals surface area contributed by atoms with E-state index in [-0.39, 0.29) is 23.9 Å². The van der Waals surface area contributed by atoms with Gasteiger partial charge in [-0.25, -0.2) is 4.79 Å². The van der Waals surface area contributed by atoms with Crippen molar-refractivity contribution in [2.75, 3.05) is 17.7 Å². The zero-order valence-electron chi connectivity index (χ0n) is 15.2. The fourth-order valence-electron chi connectivity index (χ4n) is 3.01. The van der Waals surface area contributed by atoms with Crippen molar-refractivity contribution in [2.24, 2.45) is 0 Å². The Labute approximate surface area is 178 Å². The van der Waals surface area contributed by atoms with Crippen molar-refractivity contribution < 1.29 is 14.3 Å². The number of rotatable bonds is 6. The highest BCUT2D eigenvalue weighted by atomic mass is 35.5. The predicted molar refractivity (Wildman–Crippen MR) is 114 cm³/mol. The number of halogens is 2. The van der Waals surface area contributed by atoms with Crippen LogP contribution in [0.1, 0.15) is 24.3 Å². The molecule has 1 fully saturated rings. The van der Waals surface area contributed by atoms with Crippen LogP contribution < -0.4 is 5.32 Å². The minimum atomic E-state index is -0.551. The van der Waals surface area contributed by atoms with Crippen molar-refractivity contribution in [2.45, 2.75) is 24.8 Å². The molecule has 8 heteroatoms. The van der Waals surface area contributed by atoms with Crippen LogP contribution in [0.4, 0.5) is 10.5 Å². The first-order chi connectivity index (χ1) is 13.5. The van der Waals surface area contributed by atoms with E-state index in [0.29, 0.717) is 27.9 Å². The van der Waals surface area contributed by atoms with Gasteiger partial charge in [0.2, 0.25) is 5.91 Å². The highest BCUT2D eigenvalue weighted by Gasteiger charge is 2.38. The van der Waals surface area contributed by atoms with E-state index in [1.165, 1.54) is 11.8 Å². The lowest BCUT2D eigenvalue weighted by molar-refractivity contribution is -0.131. The molecule has 1 heterocycles. The first-order valence-electron chi connectivity index (χ1n) is 8.86. The Bertz CT molecular complexity index is 851. The quantitative estimate of drug-likeness (QED) is 0.637. The van der Waals surface area contributed by atoms with Crippen molar-refractivity contribution in [1.29, 1.82) is 0 Å². The molecule has 1 aliphatic heterocycles. The van der Waals surface area contributed by atoms with E-state index in [1.54, 1.807) is 29.2 Å². The van der Waals surface area contributed by atoms with E-state index in [4.69, 9.17) is 27.9 Å². The van der Waals surface area contributed by atoms with Gasteiger partial charge in [-0.3, -0.25) is 10.1 Å². The van der Waals surface area contributed by atoms with Gasteiger partial charge in [-0.1, -0.05) is 54.4 Å². The maximum absolute atomic E-state index is 12.6. The Hall–Kier alpha value is -1.89. The maximum atomic E-state index is 12.6. The summed E-state index contributed by atoms with van der Waals surface area (Å²) in [6.07, 6.45) is 0.0946. The minimum Gasteiger partial charge on any atom is -0.447 e. The Kier molecular flexibility index (Phi) is 7.10. The number of hydrogen-bond acceptors (Lipinski definition) is 4. The van der Waals surface area contributed by atoms with E-state index < -0.39 is 6.09 Å². The molecule has 1 N–H and O–H groups in total. The van der Waals surface area contributed by atoms with Crippen LogP contribution in [-0.4, -0.2) is 35.3 Å². The van der Waals surface area contributed by atoms with Gasteiger partial charge in [0.15, 0.2) is 0 Å². The molecule has 0 aliphatic carbocycles. The van der Waals surface area contributed by atoms with Crippen LogP contribution >= 0.6 is 35.0 Å². The van der Waals surface area contributed by atoms with Crippen LogP contribution in [0.15, 0.2) is 48.5 Å². The number of nitrogens with zero attached hydrogens (tertiary/aromatic N) is 1. The largest absolute Gasteiger partial charge is 0.447 e. The molecule has 3 rings (SSSR count). The summed E-state index contributed by atoms with van der Waals surface area (Å²) in [5, 5.41) is 3.50. The number of benzene rings is 2. The van der Waals surface area contributed by atoms with Gasteiger partial charge in [0, 0.05) is 21.3 Å². The summed E-state index contributed by atoms with van der Waals surface area (Å²) in [6, 6.07) is 14.1. The van der Waals surface area contributed by atoms with E-state index in [9.17, 15) is 9.59 Å². The lowest BCUT2D eigenvalue weighted by atomic mass is 10.1. The SMILES string of the molecule is CC[C@@H](COC(=O)Nc1ccccc1)N1C(=O)CS[C@H]1c1ccc(Cl)cc1Cl. The zero-order chi connectivity index (χ0) is 20.1. The number of hydrogen-bond donors (Lipinski definition) is 1. The molecular weight excluding hydrogens is 419 g/mol. The number of thioether (sulfide) groups is 1. The van der Waals surface area contributed by atoms with E-state index in [2.05, 4.69) is 5.32 Å². The molecule has 1 aliphatic rings. The molecule has 0 radical (unpaired) electrons. The molecule has 0 aromatic heterocycles. The average molecular weight is 439 g/mol. The molecule has 0 unspecified atom stereocenters. The maximum Gasteiger partial charge on any atom is 0.411 e. The monoisotopic (exact) mass is 438 g/mol. The second-order valence-corrected chi connectivity index (χ2v) is 8.19. The third-order valence-corrected chi connectivity index (χ3v) is 6.20. The first-order valence-corrected chi connectivity index (χ1v) is 10.7. The molecule has 2 aromatic carbocycles. The van der Waals surface area contributed by atoms with Gasteiger partial charge in [-0.05, 0) is 30.7 Å². The zero-order valence-corrected chi connectivity index (χ0v) is 17.6. The number of nitrogens with one attached hydrogen (secondary N) is 1. The van der Waals surface area contributed by atoms with Gasteiger partial charge in [0.05, 0.1) is 11.8 Å². The van der Waals surface area contributed by atoms with Gasteiger partial charge < -0.3 is 9.64 Å². The van der Waals surface area contributed by atoms with Gasteiger partial charge in [0.25, 0.3) is 0 Å². The lowest BCUT2D eigenvalue weighted by Gasteiger charge is -2.32. The number of carbonyl (C=O) groups excluding carboxylic acids is 2. The number of para-hydroxylation sites is 1. The molecule has 148 valence electrons. The summed E-state index contributed by atoms with van der Waals surface area (Å²) >= 11 is 13.9. The van der Waals surface area contributed by atoms with Gasteiger partial charge in [-0.15, -0.1) is 11.8 Å². The summed E-state index contributed by atoms with van der Waals surface area (Å²) in [7, 11) is 0. The Balaban J connectivity index is 1.69. The molecule has 2 atom stereocenters. The molecular formula is C20H20Cl2N2O3S. The van der Waals surface area contributed by atoms with Crippen molar-refractivity contribution >= 4 is 52.7 Å². The topological polar surface area (TPSA) is 58.6 Å². The van der Waals surface area contributed by atoms with Crippen molar-refractivity contribution in [1.82, 2.24) is 4.90 Å². The van der Waals surface area contributed by atoms with Gasteiger partial charge in [0.1, 0.15) is 12.0 Å². The number of anilines is 1. The van der Waals surface area contributed by atoms with E-state index in [1.807, 2.05) is 31.2 Å². The van der Waals surface area contributed by atoms with Crippen LogP contribution in [0.3, 0.4) is 0 Å². The normalized spacial score (nSPS) is 17.5. The summed E-state index contributed by atoms with van der Waals surface area (Å²) in [5.41, 5.74) is 1.48. The van der Waals surface area contributed by atoms with Crippen LogP contribution in [0, 0.1) is 0 Å². The number of carbonyl (C=O) groups is 2. The Morgan fingerprint density at radius 1 is 1.29 bits per heavy atom. The molecule has 0 saturated carbocycles. The third kappa shape index (κ3) is 4.93. The fourth-order valence-corrected chi connectivity index (χ4v) is 4.88. The van der Waals surface area contributed by atoms with Gasteiger partial charge >= 0.3 is 6.09 Å². The highest BCUT2D eigenvalue weighted by molar-refractivity contribution is 8.00. The molecule has 5 nitrogen and oxygen atoms in total. The average Bonchev–Trinajstić information content (AvgIpc) is 3.04. The predicted octanol–water partition coefficient (Wildman–Crippen LogP) is 5.59. The standard InChI is InChI=1S/C20H20Cl2N2O3S/c1-2-15(11-27-20(26)23-14-6-4-3-5-7-14)24-18(25)12-28-19(24)16-9-8-13(21)10-17(16)22/h3-10,15,19H,2,11-12H2,1H3,(H,23,26)/t15-,19-/m0/s1. The van der Waals surface area contributed by atoms with Crippen molar-refractivity contribution in [3.05, 3.63) is 64.1 Å². The van der Waals surface area contributed by atoms with Crippen LogP contribution in [-0.2, 0) is 9.53 Å².